The van der Waals surface area contributed by atoms with Gasteiger partial charge < -0.3 is 15.8 Å². The molecule has 4 nitrogen and oxygen atoms in total. The first-order valence-corrected chi connectivity index (χ1v) is 5.80. The fourth-order valence-corrected chi connectivity index (χ4v) is 1.76. The fraction of sp³-hybridized carbons (Fsp3) is 0.364. The van der Waals surface area contributed by atoms with E-state index in [1.54, 1.807) is 13.2 Å². The zero-order chi connectivity index (χ0) is 12.1. The van der Waals surface area contributed by atoms with E-state index in [9.17, 15) is 4.79 Å². The van der Waals surface area contributed by atoms with Gasteiger partial charge in [0.05, 0.1) is 17.3 Å². The number of halogens is 1. The second-order valence-electron chi connectivity index (χ2n) is 3.32. The van der Waals surface area contributed by atoms with E-state index in [-0.39, 0.29) is 0 Å². The summed E-state index contributed by atoms with van der Waals surface area (Å²) in [6.07, 6.45) is 1.72. The van der Waals surface area contributed by atoms with E-state index in [0.29, 0.717) is 21.5 Å². The van der Waals surface area contributed by atoms with Gasteiger partial charge in [-0.3, -0.25) is 4.79 Å². The average Bonchev–Trinajstić information content (AvgIpc) is 2.31. The molecule has 0 aliphatic rings. The van der Waals surface area contributed by atoms with Crippen molar-refractivity contribution in [1.29, 1.82) is 0 Å². The number of nitrogen functional groups attached to an aromatic ring is 1. The molecule has 0 spiro atoms. The molecule has 0 fully saturated rings. The topological polar surface area (TPSA) is 64.3 Å². The van der Waals surface area contributed by atoms with Crippen molar-refractivity contribution in [2.75, 3.05) is 24.7 Å². The number of carbonyl (C=O) groups is 1. The van der Waals surface area contributed by atoms with E-state index < -0.39 is 0 Å². The summed E-state index contributed by atoms with van der Waals surface area (Å²) in [6, 6.07) is 1.66. The molecule has 0 unspecified atom stereocenters. The van der Waals surface area contributed by atoms with Gasteiger partial charge in [0, 0.05) is 12.1 Å². The van der Waals surface area contributed by atoms with Gasteiger partial charge >= 0.3 is 0 Å². The van der Waals surface area contributed by atoms with E-state index in [4.69, 9.17) is 10.5 Å². The van der Waals surface area contributed by atoms with Crippen LogP contribution in [-0.4, -0.2) is 19.9 Å². The third-order valence-electron chi connectivity index (χ3n) is 2.19. The molecule has 0 amide bonds. The average molecular weight is 287 g/mol. The number of benzene rings is 1. The molecule has 0 aliphatic heterocycles. The van der Waals surface area contributed by atoms with E-state index in [2.05, 4.69) is 28.2 Å². The Labute approximate surface area is 103 Å². The Hall–Kier alpha value is -1.23. The van der Waals surface area contributed by atoms with Crippen LogP contribution in [0.5, 0.6) is 5.75 Å². The molecule has 88 valence electrons. The smallest absolute Gasteiger partial charge is 0.151 e. The highest BCUT2D eigenvalue weighted by atomic mass is 79.9. The lowest BCUT2D eigenvalue weighted by molar-refractivity contribution is 0.112. The lowest BCUT2D eigenvalue weighted by Crippen LogP contribution is -2.07. The van der Waals surface area contributed by atoms with Gasteiger partial charge in [0.1, 0.15) is 11.4 Å². The predicted octanol–water partition coefficient (Wildman–Crippen LogP) is 2.67. The second-order valence-corrected chi connectivity index (χ2v) is 4.11. The quantitative estimate of drug-likeness (QED) is 0.645. The van der Waals surface area contributed by atoms with Crippen LogP contribution in [0.15, 0.2) is 10.5 Å². The lowest BCUT2D eigenvalue weighted by Gasteiger charge is -2.15. The first kappa shape index (κ1) is 12.8. The first-order valence-electron chi connectivity index (χ1n) is 5.00. The molecule has 0 aromatic heterocycles. The Morgan fingerprint density at radius 1 is 1.62 bits per heavy atom. The van der Waals surface area contributed by atoms with Crippen molar-refractivity contribution in [2.24, 2.45) is 0 Å². The van der Waals surface area contributed by atoms with Crippen molar-refractivity contribution < 1.29 is 9.53 Å². The van der Waals surface area contributed by atoms with Gasteiger partial charge in [-0.25, -0.2) is 0 Å². The van der Waals surface area contributed by atoms with Crippen molar-refractivity contribution in [3.05, 3.63) is 16.1 Å². The second kappa shape index (κ2) is 5.75. The van der Waals surface area contributed by atoms with Crippen LogP contribution in [0.4, 0.5) is 11.4 Å². The molecule has 0 aliphatic carbocycles. The third kappa shape index (κ3) is 2.47. The predicted molar refractivity (Wildman–Crippen MR) is 69.3 cm³/mol. The highest BCUT2D eigenvalue weighted by Gasteiger charge is 2.14. The van der Waals surface area contributed by atoms with Gasteiger partial charge in [-0.15, -0.1) is 0 Å². The Balaban J connectivity index is 3.24. The summed E-state index contributed by atoms with van der Waals surface area (Å²) in [6.45, 7) is 2.86. The number of ether oxygens (including phenoxy) is 1. The molecule has 1 aromatic rings. The van der Waals surface area contributed by atoms with Gasteiger partial charge in [-0.2, -0.15) is 0 Å². The standard InChI is InChI=1S/C11H15BrN2O2/c1-3-4-14-11-8(16-2)5-7(6-15)9(12)10(11)13/h5-6,14H,3-4,13H2,1-2H3. The monoisotopic (exact) mass is 286 g/mol. The molecule has 0 atom stereocenters. The number of anilines is 2. The number of hydrogen-bond donors (Lipinski definition) is 2. The maximum atomic E-state index is 10.8. The van der Waals surface area contributed by atoms with Crippen LogP contribution in [0, 0.1) is 0 Å². The summed E-state index contributed by atoms with van der Waals surface area (Å²) in [7, 11) is 1.55. The van der Waals surface area contributed by atoms with E-state index in [1.165, 1.54) is 0 Å². The first-order chi connectivity index (χ1) is 7.65. The summed E-state index contributed by atoms with van der Waals surface area (Å²) < 4.78 is 5.80. The summed E-state index contributed by atoms with van der Waals surface area (Å²) >= 11 is 3.29. The normalized spacial score (nSPS) is 9.94. The van der Waals surface area contributed by atoms with Crippen LogP contribution in [0.25, 0.3) is 0 Å². The summed E-state index contributed by atoms with van der Waals surface area (Å²) in [5.41, 5.74) is 7.63. The van der Waals surface area contributed by atoms with Gasteiger partial charge in [0.15, 0.2) is 6.29 Å². The largest absolute Gasteiger partial charge is 0.494 e. The molecule has 0 bridgehead atoms. The lowest BCUT2D eigenvalue weighted by atomic mass is 10.1. The molecule has 3 N–H and O–H groups in total. The summed E-state index contributed by atoms with van der Waals surface area (Å²) in [5, 5.41) is 3.18. The third-order valence-corrected chi connectivity index (χ3v) is 3.08. The number of methoxy groups -OCH3 is 1. The van der Waals surface area contributed by atoms with E-state index in [1.807, 2.05) is 0 Å². The fourth-order valence-electron chi connectivity index (χ4n) is 1.35. The number of aldehydes is 1. The summed E-state index contributed by atoms with van der Waals surface area (Å²) in [5.74, 6) is 0.580. The Morgan fingerprint density at radius 3 is 2.81 bits per heavy atom. The Bertz CT molecular complexity index is 394. The maximum absolute atomic E-state index is 10.8. The number of carbonyl (C=O) groups excluding carboxylic acids is 1. The van der Waals surface area contributed by atoms with Crippen LogP contribution in [0.1, 0.15) is 23.7 Å². The molecule has 0 saturated heterocycles. The zero-order valence-electron chi connectivity index (χ0n) is 9.34. The van der Waals surface area contributed by atoms with Crippen LogP contribution < -0.4 is 15.8 Å². The minimum Gasteiger partial charge on any atom is -0.494 e. The molecule has 1 aromatic carbocycles. The van der Waals surface area contributed by atoms with Crippen molar-refractivity contribution in [1.82, 2.24) is 0 Å². The van der Waals surface area contributed by atoms with Crippen LogP contribution in [0.2, 0.25) is 0 Å². The Kier molecular flexibility index (Phi) is 4.61. The van der Waals surface area contributed by atoms with Gasteiger partial charge in [0.25, 0.3) is 0 Å². The molecule has 0 radical (unpaired) electrons. The molecular formula is C11H15BrN2O2. The van der Waals surface area contributed by atoms with Gasteiger partial charge in [-0.1, -0.05) is 6.92 Å². The highest BCUT2D eigenvalue weighted by molar-refractivity contribution is 9.10. The van der Waals surface area contributed by atoms with Crippen LogP contribution in [-0.2, 0) is 0 Å². The van der Waals surface area contributed by atoms with Crippen LogP contribution >= 0.6 is 15.9 Å². The maximum Gasteiger partial charge on any atom is 0.151 e. The minimum absolute atomic E-state index is 0.483. The van der Waals surface area contributed by atoms with Crippen molar-refractivity contribution in [2.45, 2.75) is 13.3 Å². The van der Waals surface area contributed by atoms with Gasteiger partial charge in [0.2, 0.25) is 0 Å². The molecular weight excluding hydrogens is 272 g/mol. The van der Waals surface area contributed by atoms with Crippen molar-refractivity contribution in [3.63, 3.8) is 0 Å². The summed E-state index contributed by atoms with van der Waals surface area (Å²) in [4.78, 5) is 10.8. The molecule has 1 rings (SSSR count). The van der Waals surface area contributed by atoms with Crippen LogP contribution in [0.3, 0.4) is 0 Å². The number of hydrogen-bond acceptors (Lipinski definition) is 4. The molecule has 5 heteroatoms. The molecule has 0 saturated carbocycles. The molecule has 16 heavy (non-hydrogen) atoms. The number of rotatable bonds is 5. The zero-order valence-corrected chi connectivity index (χ0v) is 10.9. The Morgan fingerprint density at radius 2 is 2.31 bits per heavy atom. The SMILES string of the molecule is CCCNc1c(OC)cc(C=O)c(Br)c1N. The number of nitrogens with one attached hydrogen (secondary N) is 1. The van der Waals surface area contributed by atoms with Gasteiger partial charge in [-0.05, 0) is 28.4 Å². The van der Waals surface area contributed by atoms with E-state index in [0.717, 1.165) is 24.9 Å². The molecule has 0 heterocycles. The van der Waals surface area contributed by atoms with Crippen molar-refractivity contribution >= 4 is 33.6 Å². The minimum atomic E-state index is 0.483. The van der Waals surface area contributed by atoms with Crippen molar-refractivity contribution in [3.8, 4) is 5.75 Å². The van der Waals surface area contributed by atoms with E-state index >= 15 is 0 Å². The number of nitrogens with two attached hydrogens (primary N) is 1. The highest BCUT2D eigenvalue weighted by Crippen LogP contribution is 2.38.